The van der Waals surface area contributed by atoms with Crippen molar-refractivity contribution in [2.45, 2.75) is 0 Å². The summed E-state index contributed by atoms with van der Waals surface area (Å²) in [5.74, 6) is -1.65. The predicted octanol–water partition coefficient (Wildman–Crippen LogP) is 4.16. The third-order valence-corrected chi connectivity index (χ3v) is 9.77. The van der Waals surface area contributed by atoms with Gasteiger partial charge in [0.25, 0.3) is 0 Å². The first-order chi connectivity index (χ1) is 17.5. The van der Waals surface area contributed by atoms with Gasteiger partial charge in [-0.05, 0) is 53.5 Å². The molecule has 8 nitrogen and oxygen atoms in total. The molecule has 0 fully saturated rings. The summed E-state index contributed by atoms with van der Waals surface area (Å²) in [7, 11) is -1.91. The zero-order chi connectivity index (χ0) is 25.4. The molecule has 0 spiro atoms. The van der Waals surface area contributed by atoms with Crippen LogP contribution >= 0.6 is 7.26 Å². The molecule has 9 heteroatoms. The maximum Gasteiger partial charge on any atom is 0.308 e. The van der Waals surface area contributed by atoms with Gasteiger partial charge in [-0.25, -0.2) is 4.98 Å². The van der Waals surface area contributed by atoms with Crippen LogP contribution in [-0.2, 0) is 0 Å². The van der Waals surface area contributed by atoms with Crippen LogP contribution in [0.15, 0.2) is 128 Å². The van der Waals surface area contributed by atoms with E-state index < -0.39 is 28.7 Å². The van der Waals surface area contributed by atoms with Crippen LogP contribution in [0.1, 0.15) is 0 Å². The second-order valence-corrected chi connectivity index (χ2v) is 11.0. The van der Waals surface area contributed by atoms with Crippen molar-refractivity contribution in [3.05, 3.63) is 148 Å². The van der Waals surface area contributed by atoms with Crippen molar-refractivity contribution in [3.8, 4) is 0 Å². The predicted molar refractivity (Wildman–Crippen MR) is 142 cm³/mol. The Balaban J connectivity index is 0.000000233. The molecule has 0 N–H and O–H groups in total. The van der Waals surface area contributed by atoms with E-state index in [1.54, 1.807) is 0 Å². The largest absolute Gasteiger partial charge is 0.459 e. The van der Waals surface area contributed by atoms with Crippen molar-refractivity contribution in [1.82, 2.24) is 9.97 Å². The number of aromatic nitrogens is 2. The minimum atomic E-state index is -1.91. The van der Waals surface area contributed by atoms with E-state index in [4.69, 9.17) is 0 Å². The van der Waals surface area contributed by atoms with Gasteiger partial charge >= 0.3 is 5.82 Å². The van der Waals surface area contributed by atoms with E-state index >= 15 is 0 Å². The average Bonchev–Trinajstić information content (AvgIpc) is 3.43. The van der Waals surface area contributed by atoms with Gasteiger partial charge in [-0.3, -0.25) is 0 Å². The Labute approximate surface area is 207 Å². The van der Waals surface area contributed by atoms with Crippen molar-refractivity contribution in [1.29, 1.82) is 0 Å². The minimum absolute atomic E-state index is 0.774. The Morgan fingerprint density at radius 3 is 1.14 bits per heavy atom. The normalized spacial score (nSPS) is 10.7. The smallest absolute Gasteiger partial charge is 0.308 e. The lowest BCUT2D eigenvalue weighted by Crippen LogP contribution is -2.38. The van der Waals surface area contributed by atoms with Gasteiger partial charge in [-0.1, -0.05) is 72.8 Å². The topological polar surface area (TPSA) is 113 Å². The van der Waals surface area contributed by atoms with E-state index in [2.05, 4.69) is 131 Å². The molecule has 0 amide bonds. The van der Waals surface area contributed by atoms with E-state index in [9.17, 15) is 20.2 Å². The molecule has 36 heavy (non-hydrogen) atoms. The van der Waals surface area contributed by atoms with E-state index in [0.29, 0.717) is 0 Å². The van der Waals surface area contributed by atoms with Gasteiger partial charge < -0.3 is 20.2 Å². The Morgan fingerprint density at radius 2 is 0.889 bits per heavy atom. The number of benzene rings is 4. The number of nitrogens with zero attached hydrogens (tertiary/aromatic N) is 4. The zero-order valence-corrected chi connectivity index (χ0v) is 19.9. The van der Waals surface area contributed by atoms with E-state index in [-0.39, 0.29) is 0 Å². The van der Waals surface area contributed by atoms with Crippen LogP contribution in [0.2, 0.25) is 0 Å². The lowest BCUT2D eigenvalue weighted by molar-refractivity contribution is -0.427. The second kappa shape index (κ2) is 11.2. The second-order valence-electron chi connectivity index (χ2n) is 7.55. The number of rotatable bonds is 6. The molecule has 0 radical (unpaired) electrons. The monoisotopic (exact) mass is 496 g/mol. The van der Waals surface area contributed by atoms with Crippen molar-refractivity contribution < 1.29 is 9.85 Å². The van der Waals surface area contributed by atoms with E-state index in [1.807, 2.05) is 0 Å². The van der Waals surface area contributed by atoms with Crippen molar-refractivity contribution >= 4 is 40.1 Å². The molecule has 0 aliphatic carbocycles. The standard InChI is InChI=1S/C24H20P.C3HN4O4/c1-5-13-21(14-6-1)25(22-15-7-2-8-16-22,23-17-9-3-10-18-23)24-19-11-4-12-20-24;8-6(9)2-3(7(10)11)5-1-4-2/h1-20H;1H/q+1;-1. The molecular weight excluding hydrogens is 475 g/mol. The van der Waals surface area contributed by atoms with Gasteiger partial charge in [0.05, 0.1) is 0 Å². The SMILES string of the molecule is O=[N+]([O-])c1nc[n-]c1[N+](=O)[O-].c1ccc([P+](c2ccccc2)(c2ccccc2)c2ccccc2)cc1. The highest BCUT2D eigenvalue weighted by atomic mass is 31.2. The third-order valence-electron chi connectivity index (χ3n) is 5.48. The number of imidazole rings is 1. The van der Waals surface area contributed by atoms with Crippen LogP contribution in [0.3, 0.4) is 0 Å². The van der Waals surface area contributed by atoms with Gasteiger partial charge in [0.15, 0.2) is 0 Å². The molecule has 0 aliphatic rings. The average molecular weight is 496 g/mol. The molecule has 1 aromatic heterocycles. The van der Waals surface area contributed by atoms with Gasteiger partial charge in [0.2, 0.25) is 5.82 Å². The Morgan fingerprint density at radius 1 is 0.556 bits per heavy atom. The summed E-state index contributed by atoms with van der Waals surface area (Å²) in [6, 6.07) is 43.8. The van der Waals surface area contributed by atoms with Crippen LogP contribution in [0, 0.1) is 20.2 Å². The number of nitro groups is 2. The van der Waals surface area contributed by atoms with E-state index in [1.165, 1.54) is 21.2 Å². The van der Waals surface area contributed by atoms with Crippen LogP contribution in [0.4, 0.5) is 11.6 Å². The highest BCUT2D eigenvalue weighted by Crippen LogP contribution is 2.53. The van der Waals surface area contributed by atoms with Crippen molar-refractivity contribution in [2.75, 3.05) is 0 Å². The molecule has 178 valence electrons. The quantitative estimate of drug-likeness (QED) is 0.198. The molecule has 0 bridgehead atoms. The van der Waals surface area contributed by atoms with Gasteiger partial charge in [-0.2, -0.15) is 9.91 Å². The van der Waals surface area contributed by atoms with Crippen LogP contribution < -0.4 is 26.2 Å². The lowest BCUT2D eigenvalue weighted by Gasteiger charge is -2.27. The molecular formula is C27H21N4O4P. The van der Waals surface area contributed by atoms with E-state index in [0.717, 1.165) is 6.33 Å². The fourth-order valence-corrected chi connectivity index (χ4v) is 8.28. The van der Waals surface area contributed by atoms with Crippen molar-refractivity contribution in [3.63, 3.8) is 0 Å². The van der Waals surface area contributed by atoms with Gasteiger partial charge in [-0.15, -0.1) is 0 Å². The first kappa shape index (κ1) is 24.4. The number of hydrogen-bond acceptors (Lipinski definition) is 5. The highest BCUT2D eigenvalue weighted by Gasteiger charge is 2.47. The molecule has 0 saturated carbocycles. The number of hydrogen-bond donors (Lipinski definition) is 0. The summed E-state index contributed by atoms with van der Waals surface area (Å²) in [5, 5.41) is 25.5. The molecule has 0 atom stereocenters. The van der Waals surface area contributed by atoms with Crippen molar-refractivity contribution in [2.24, 2.45) is 0 Å². The first-order valence-corrected chi connectivity index (χ1v) is 12.7. The molecule has 0 aliphatic heterocycles. The fraction of sp³-hybridized carbons (Fsp3) is 0. The lowest BCUT2D eigenvalue weighted by atomic mass is 10.3. The summed E-state index contributed by atoms with van der Waals surface area (Å²) >= 11 is 0. The first-order valence-electron chi connectivity index (χ1n) is 10.9. The van der Waals surface area contributed by atoms with Gasteiger partial charge in [0, 0.05) is 0 Å². The maximum atomic E-state index is 9.99. The molecule has 4 aromatic carbocycles. The summed E-state index contributed by atoms with van der Waals surface area (Å²) in [6.45, 7) is 0. The maximum absolute atomic E-state index is 9.99. The van der Waals surface area contributed by atoms with Crippen LogP contribution in [0.25, 0.3) is 0 Å². The van der Waals surface area contributed by atoms with Crippen LogP contribution in [-0.4, -0.2) is 14.8 Å². The summed E-state index contributed by atoms with van der Waals surface area (Å²) in [5.41, 5.74) is 0. The summed E-state index contributed by atoms with van der Waals surface area (Å²) < 4.78 is 0. The summed E-state index contributed by atoms with van der Waals surface area (Å²) in [6.07, 6.45) is 0.774. The minimum Gasteiger partial charge on any atom is -0.459 e. The zero-order valence-electron chi connectivity index (χ0n) is 19.0. The molecule has 5 aromatic rings. The Bertz CT molecular complexity index is 1240. The fourth-order valence-electron chi connectivity index (χ4n) is 4.01. The molecule has 1 heterocycles. The highest BCUT2D eigenvalue weighted by molar-refractivity contribution is 8.01. The Kier molecular flexibility index (Phi) is 7.58. The molecule has 0 unspecified atom stereocenters. The van der Waals surface area contributed by atoms with Crippen LogP contribution in [0.5, 0.6) is 0 Å². The molecule has 0 saturated heterocycles. The van der Waals surface area contributed by atoms with Gasteiger partial charge in [0.1, 0.15) is 34.8 Å². The Hall–Kier alpha value is -4.68. The third kappa shape index (κ3) is 4.89. The molecule has 5 rings (SSSR count). The summed E-state index contributed by atoms with van der Waals surface area (Å²) in [4.78, 5) is 24.2.